The summed E-state index contributed by atoms with van der Waals surface area (Å²) in [7, 11) is -4.00. The van der Waals surface area contributed by atoms with Crippen LogP contribution in [0.3, 0.4) is 0 Å². The molecule has 1 aromatic rings. The molecule has 0 atom stereocenters. The Labute approximate surface area is 82.6 Å². The van der Waals surface area contributed by atoms with E-state index < -0.39 is 10.1 Å². The van der Waals surface area contributed by atoms with Crippen LogP contribution in [0.2, 0.25) is 0 Å². The maximum absolute atomic E-state index is 10.3. The highest BCUT2D eigenvalue weighted by Crippen LogP contribution is 2.23. The van der Waals surface area contributed by atoms with Crippen molar-refractivity contribution in [2.45, 2.75) is 0 Å². The Morgan fingerprint density at radius 3 is 2.58 bits per heavy atom. The van der Waals surface area contributed by atoms with Gasteiger partial charge in [-0.25, -0.2) is 0 Å². The molecule has 0 radical (unpaired) electrons. The van der Waals surface area contributed by atoms with Crippen molar-refractivity contribution in [1.29, 1.82) is 0 Å². The Morgan fingerprint density at radius 2 is 2.17 bits per heavy atom. The van der Waals surface area contributed by atoms with Gasteiger partial charge in [-0.05, 0) is 34.1 Å². The molecule has 0 aliphatic carbocycles. The normalized spacial score (nSPS) is 12.5. The molecule has 12 heavy (non-hydrogen) atoms. The van der Waals surface area contributed by atoms with Crippen LogP contribution in [0.15, 0.2) is 21.3 Å². The Kier molecular flexibility index (Phi) is 3.05. The molecule has 0 saturated heterocycles. The minimum absolute atomic E-state index is 0.755. The summed E-state index contributed by atoms with van der Waals surface area (Å²) in [5.41, 5.74) is 0. The lowest BCUT2D eigenvalue weighted by molar-refractivity contribution is 0.494. The monoisotopic (exact) mass is 268 g/mol. The van der Waals surface area contributed by atoms with Crippen LogP contribution in [-0.4, -0.2) is 13.0 Å². The molecule has 0 aliphatic heterocycles. The average Bonchev–Trinajstić information content (AvgIpc) is 2.30. The van der Waals surface area contributed by atoms with Crippen molar-refractivity contribution in [1.82, 2.24) is 0 Å². The fourth-order valence-electron chi connectivity index (χ4n) is 0.571. The van der Waals surface area contributed by atoms with Gasteiger partial charge in [0.2, 0.25) is 0 Å². The van der Waals surface area contributed by atoms with Gasteiger partial charge in [-0.1, -0.05) is 0 Å². The van der Waals surface area contributed by atoms with E-state index in [1.807, 2.05) is 0 Å². The summed E-state index contributed by atoms with van der Waals surface area (Å²) in [6, 6.07) is 3.55. The Balaban J connectivity index is 2.84. The summed E-state index contributed by atoms with van der Waals surface area (Å²) < 4.78 is 29.8. The van der Waals surface area contributed by atoms with Crippen LogP contribution >= 0.6 is 27.3 Å². The fraction of sp³-hybridized carbons (Fsp3) is 0. The maximum Gasteiger partial charge on any atom is 0.287 e. The van der Waals surface area contributed by atoms with Crippen LogP contribution in [0.25, 0.3) is 6.08 Å². The molecular weight excluding hydrogens is 264 g/mol. The summed E-state index contributed by atoms with van der Waals surface area (Å²) in [6.07, 6.45) is 1.34. The largest absolute Gasteiger partial charge is 0.287 e. The molecule has 0 spiro atoms. The average molecular weight is 269 g/mol. The van der Waals surface area contributed by atoms with Crippen molar-refractivity contribution in [2.75, 3.05) is 0 Å². The molecular formula is C6H5BrO3S2. The molecule has 3 nitrogen and oxygen atoms in total. The lowest BCUT2D eigenvalue weighted by atomic mass is 10.5. The highest BCUT2D eigenvalue weighted by atomic mass is 79.9. The van der Waals surface area contributed by atoms with E-state index in [1.165, 1.54) is 17.4 Å². The quantitative estimate of drug-likeness (QED) is 0.838. The van der Waals surface area contributed by atoms with E-state index >= 15 is 0 Å². The number of thiophene rings is 1. The molecule has 1 rings (SSSR count). The summed E-state index contributed by atoms with van der Waals surface area (Å²) >= 11 is 4.61. The highest BCUT2D eigenvalue weighted by molar-refractivity contribution is 9.11. The van der Waals surface area contributed by atoms with E-state index in [-0.39, 0.29) is 0 Å². The van der Waals surface area contributed by atoms with Gasteiger partial charge < -0.3 is 0 Å². The van der Waals surface area contributed by atoms with Gasteiger partial charge in [-0.3, -0.25) is 4.55 Å². The lowest BCUT2D eigenvalue weighted by Gasteiger charge is -1.82. The third kappa shape index (κ3) is 3.48. The first-order valence-corrected chi connectivity index (χ1v) is 5.99. The van der Waals surface area contributed by atoms with Crippen LogP contribution in [0.4, 0.5) is 0 Å². The number of rotatable bonds is 2. The van der Waals surface area contributed by atoms with E-state index in [0.29, 0.717) is 0 Å². The smallest absolute Gasteiger partial charge is 0.282 e. The third-order valence-electron chi connectivity index (χ3n) is 0.998. The van der Waals surface area contributed by atoms with E-state index in [2.05, 4.69) is 15.9 Å². The van der Waals surface area contributed by atoms with Gasteiger partial charge in [-0.15, -0.1) is 11.3 Å². The van der Waals surface area contributed by atoms with Gasteiger partial charge in [0.25, 0.3) is 10.1 Å². The molecule has 1 aromatic heterocycles. The second-order valence-electron chi connectivity index (χ2n) is 1.96. The SMILES string of the molecule is O=S(=O)(O)/C=C/c1ccc(Br)s1. The predicted molar refractivity (Wildman–Crippen MR) is 52.6 cm³/mol. The minimum Gasteiger partial charge on any atom is -0.282 e. The van der Waals surface area contributed by atoms with Crippen molar-refractivity contribution in [2.24, 2.45) is 0 Å². The summed E-state index contributed by atoms with van der Waals surface area (Å²) in [5, 5.41) is 0.755. The zero-order chi connectivity index (χ0) is 9.19. The molecule has 0 aromatic carbocycles. The van der Waals surface area contributed by atoms with Gasteiger partial charge in [0.15, 0.2) is 0 Å². The van der Waals surface area contributed by atoms with Crippen LogP contribution < -0.4 is 0 Å². The second-order valence-corrected chi connectivity index (χ2v) is 5.76. The third-order valence-corrected chi connectivity index (χ3v) is 3.07. The Bertz CT molecular complexity index is 391. The van der Waals surface area contributed by atoms with Gasteiger partial charge in [0.1, 0.15) is 0 Å². The molecule has 0 unspecified atom stereocenters. The van der Waals surface area contributed by atoms with E-state index in [9.17, 15) is 8.42 Å². The molecule has 0 fully saturated rings. The van der Waals surface area contributed by atoms with Crippen molar-refractivity contribution < 1.29 is 13.0 Å². The number of hydrogen-bond acceptors (Lipinski definition) is 3. The fourth-order valence-corrected chi connectivity index (χ4v) is 2.30. The van der Waals surface area contributed by atoms with Crippen LogP contribution in [-0.2, 0) is 10.1 Å². The van der Waals surface area contributed by atoms with Crippen molar-refractivity contribution in [3.05, 3.63) is 26.2 Å². The molecule has 66 valence electrons. The summed E-state index contributed by atoms with van der Waals surface area (Å²) in [6.45, 7) is 0. The summed E-state index contributed by atoms with van der Waals surface area (Å²) in [4.78, 5) is 0.763. The molecule has 1 N–H and O–H groups in total. The number of hydrogen-bond donors (Lipinski definition) is 1. The Hall–Kier alpha value is -0.170. The van der Waals surface area contributed by atoms with E-state index in [4.69, 9.17) is 4.55 Å². The predicted octanol–water partition coefficient (Wildman–Crippen LogP) is 2.37. The lowest BCUT2D eigenvalue weighted by Crippen LogP contribution is -1.88. The first kappa shape index (κ1) is 9.91. The summed E-state index contributed by atoms with van der Waals surface area (Å²) in [5.74, 6) is 0. The molecule has 0 saturated carbocycles. The molecule has 0 aliphatic rings. The van der Waals surface area contributed by atoms with Crippen molar-refractivity contribution in [3.63, 3.8) is 0 Å². The topological polar surface area (TPSA) is 54.4 Å². The first-order valence-electron chi connectivity index (χ1n) is 2.88. The van der Waals surface area contributed by atoms with Crippen molar-refractivity contribution in [3.8, 4) is 0 Å². The zero-order valence-electron chi connectivity index (χ0n) is 5.77. The standard InChI is InChI=1S/C6H5BrO3S2/c7-6-2-1-5(11-6)3-4-12(8,9)10/h1-4H,(H,8,9,10)/b4-3+. The van der Waals surface area contributed by atoms with Crippen molar-refractivity contribution >= 4 is 43.5 Å². The Morgan fingerprint density at radius 1 is 1.50 bits per heavy atom. The van der Waals surface area contributed by atoms with Gasteiger partial charge in [0, 0.05) is 4.88 Å². The van der Waals surface area contributed by atoms with Crippen LogP contribution in [0, 0.1) is 0 Å². The van der Waals surface area contributed by atoms with E-state index in [0.717, 1.165) is 14.1 Å². The van der Waals surface area contributed by atoms with Gasteiger partial charge >= 0.3 is 0 Å². The zero-order valence-corrected chi connectivity index (χ0v) is 8.99. The number of halogens is 1. The van der Waals surface area contributed by atoms with Gasteiger partial charge in [-0.2, -0.15) is 8.42 Å². The second kappa shape index (κ2) is 3.69. The molecule has 6 heteroatoms. The minimum atomic E-state index is -4.00. The first-order chi connectivity index (χ1) is 5.47. The van der Waals surface area contributed by atoms with E-state index in [1.54, 1.807) is 12.1 Å². The highest BCUT2D eigenvalue weighted by Gasteiger charge is 1.97. The molecule has 0 bridgehead atoms. The van der Waals surface area contributed by atoms with Crippen LogP contribution in [0.1, 0.15) is 4.88 Å². The van der Waals surface area contributed by atoms with Gasteiger partial charge in [0.05, 0.1) is 9.19 Å². The maximum atomic E-state index is 10.3. The van der Waals surface area contributed by atoms with Crippen LogP contribution in [0.5, 0.6) is 0 Å². The molecule has 1 heterocycles. The molecule has 0 amide bonds.